The molecule has 0 amide bonds. The summed E-state index contributed by atoms with van der Waals surface area (Å²) in [6.45, 7) is 4.43. The summed E-state index contributed by atoms with van der Waals surface area (Å²) >= 11 is 0. The first-order valence-electron chi connectivity index (χ1n) is 4.80. The van der Waals surface area contributed by atoms with Gasteiger partial charge in [0.25, 0.3) is 0 Å². The van der Waals surface area contributed by atoms with E-state index in [2.05, 4.69) is 13.8 Å². The van der Waals surface area contributed by atoms with Gasteiger partial charge in [0.15, 0.2) is 0 Å². The Morgan fingerprint density at radius 1 is 1.38 bits per heavy atom. The lowest BCUT2D eigenvalue weighted by atomic mass is 10.0. The molecule has 0 spiro atoms. The van der Waals surface area contributed by atoms with Gasteiger partial charge in [0.1, 0.15) is 11.9 Å². The van der Waals surface area contributed by atoms with Crippen LogP contribution in [0.2, 0.25) is 0 Å². The summed E-state index contributed by atoms with van der Waals surface area (Å²) in [6.07, 6.45) is 4.01. The van der Waals surface area contributed by atoms with Gasteiger partial charge in [-0.3, -0.25) is 0 Å². The number of furan rings is 1. The molecule has 0 bridgehead atoms. The van der Waals surface area contributed by atoms with Crippen LogP contribution in [0.4, 0.5) is 0 Å². The van der Waals surface area contributed by atoms with Gasteiger partial charge < -0.3 is 9.15 Å². The molecule has 0 saturated carbocycles. The molecule has 0 fully saturated rings. The zero-order chi connectivity index (χ0) is 9.68. The molecule has 0 aliphatic rings. The Morgan fingerprint density at radius 2 is 2.15 bits per heavy atom. The fourth-order valence-electron chi connectivity index (χ4n) is 1.34. The van der Waals surface area contributed by atoms with Crippen LogP contribution in [0, 0.1) is 5.92 Å². The van der Waals surface area contributed by atoms with Crippen LogP contribution >= 0.6 is 0 Å². The Bertz CT molecular complexity index is 214. The van der Waals surface area contributed by atoms with Crippen LogP contribution in [0.1, 0.15) is 38.6 Å². The monoisotopic (exact) mass is 182 g/mol. The molecule has 2 nitrogen and oxygen atoms in total. The van der Waals surface area contributed by atoms with Gasteiger partial charge in [0.2, 0.25) is 0 Å². The van der Waals surface area contributed by atoms with E-state index in [1.165, 1.54) is 6.42 Å². The Labute approximate surface area is 79.9 Å². The van der Waals surface area contributed by atoms with Gasteiger partial charge >= 0.3 is 0 Å². The van der Waals surface area contributed by atoms with Gasteiger partial charge in [0, 0.05) is 7.11 Å². The van der Waals surface area contributed by atoms with Crippen molar-refractivity contribution in [3.05, 3.63) is 24.2 Å². The third kappa shape index (κ3) is 3.23. The normalized spacial score (nSPS) is 13.5. The van der Waals surface area contributed by atoms with Crippen LogP contribution in [-0.2, 0) is 4.74 Å². The van der Waals surface area contributed by atoms with E-state index >= 15 is 0 Å². The zero-order valence-electron chi connectivity index (χ0n) is 8.62. The van der Waals surface area contributed by atoms with Gasteiger partial charge in [-0.15, -0.1) is 0 Å². The molecule has 0 radical (unpaired) electrons. The van der Waals surface area contributed by atoms with Gasteiger partial charge in [0.05, 0.1) is 6.26 Å². The third-order valence-corrected chi connectivity index (χ3v) is 2.15. The molecular formula is C11H18O2. The average molecular weight is 182 g/mol. The molecule has 1 aromatic heterocycles. The minimum absolute atomic E-state index is 0.123. The van der Waals surface area contributed by atoms with Gasteiger partial charge in [-0.1, -0.05) is 13.8 Å². The zero-order valence-corrected chi connectivity index (χ0v) is 8.62. The second kappa shape index (κ2) is 5.07. The third-order valence-electron chi connectivity index (χ3n) is 2.15. The molecule has 13 heavy (non-hydrogen) atoms. The van der Waals surface area contributed by atoms with Crippen molar-refractivity contribution in [2.75, 3.05) is 7.11 Å². The minimum Gasteiger partial charge on any atom is -0.467 e. The molecule has 0 aliphatic heterocycles. The lowest BCUT2D eigenvalue weighted by Gasteiger charge is -2.13. The molecule has 1 aromatic rings. The highest BCUT2D eigenvalue weighted by Gasteiger charge is 2.13. The van der Waals surface area contributed by atoms with Crippen LogP contribution in [0.5, 0.6) is 0 Å². The molecule has 0 aliphatic carbocycles. The van der Waals surface area contributed by atoms with Crippen LogP contribution in [0.25, 0.3) is 0 Å². The van der Waals surface area contributed by atoms with Gasteiger partial charge in [-0.05, 0) is 30.9 Å². The van der Waals surface area contributed by atoms with Crippen molar-refractivity contribution in [3.8, 4) is 0 Å². The van der Waals surface area contributed by atoms with Gasteiger partial charge in [-0.25, -0.2) is 0 Å². The van der Waals surface area contributed by atoms with Crippen LogP contribution in [-0.4, -0.2) is 7.11 Å². The lowest BCUT2D eigenvalue weighted by molar-refractivity contribution is 0.0720. The predicted octanol–water partition coefficient (Wildman–Crippen LogP) is 3.40. The highest BCUT2D eigenvalue weighted by Crippen LogP contribution is 2.24. The highest BCUT2D eigenvalue weighted by atomic mass is 16.5. The fourth-order valence-corrected chi connectivity index (χ4v) is 1.34. The first kappa shape index (κ1) is 10.3. The molecule has 0 N–H and O–H groups in total. The van der Waals surface area contributed by atoms with Crippen LogP contribution < -0.4 is 0 Å². The topological polar surface area (TPSA) is 22.4 Å². The van der Waals surface area contributed by atoms with E-state index in [0.29, 0.717) is 5.92 Å². The molecule has 74 valence electrons. The summed E-state index contributed by atoms with van der Waals surface area (Å²) in [7, 11) is 1.73. The quantitative estimate of drug-likeness (QED) is 0.696. The predicted molar refractivity (Wildman–Crippen MR) is 52.5 cm³/mol. The van der Waals surface area contributed by atoms with E-state index < -0.39 is 0 Å². The lowest BCUT2D eigenvalue weighted by Crippen LogP contribution is -2.01. The number of ether oxygens (including phenoxy) is 1. The minimum atomic E-state index is 0.123. The van der Waals surface area contributed by atoms with E-state index in [9.17, 15) is 0 Å². The van der Waals surface area contributed by atoms with Crippen molar-refractivity contribution in [1.29, 1.82) is 0 Å². The van der Waals surface area contributed by atoms with E-state index in [4.69, 9.17) is 9.15 Å². The van der Waals surface area contributed by atoms with Gasteiger partial charge in [-0.2, -0.15) is 0 Å². The smallest absolute Gasteiger partial charge is 0.132 e. The van der Waals surface area contributed by atoms with Crippen molar-refractivity contribution >= 4 is 0 Å². The maximum atomic E-state index is 5.35. The molecule has 1 heterocycles. The van der Waals surface area contributed by atoms with E-state index in [1.807, 2.05) is 12.1 Å². The highest BCUT2D eigenvalue weighted by molar-refractivity contribution is 5.01. The first-order chi connectivity index (χ1) is 6.24. The second-order valence-electron chi connectivity index (χ2n) is 3.71. The standard InChI is InChI=1S/C11H18O2/c1-9(2)6-7-10(12-3)11-5-4-8-13-11/h4-5,8-10H,6-7H2,1-3H3. The fraction of sp³-hybridized carbons (Fsp3) is 0.636. The summed E-state index contributed by atoms with van der Waals surface area (Å²) in [5.41, 5.74) is 0. The maximum absolute atomic E-state index is 5.35. The van der Waals surface area contributed by atoms with E-state index in [1.54, 1.807) is 13.4 Å². The van der Waals surface area contributed by atoms with E-state index in [0.717, 1.165) is 12.2 Å². The number of hydrogen-bond acceptors (Lipinski definition) is 2. The average Bonchev–Trinajstić information content (AvgIpc) is 2.58. The molecule has 1 atom stereocenters. The van der Waals surface area contributed by atoms with Crippen molar-refractivity contribution in [3.63, 3.8) is 0 Å². The Kier molecular flexibility index (Phi) is 4.03. The first-order valence-corrected chi connectivity index (χ1v) is 4.80. The van der Waals surface area contributed by atoms with Crippen molar-refractivity contribution < 1.29 is 9.15 Å². The number of methoxy groups -OCH3 is 1. The Hall–Kier alpha value is -0.760. The number of rotatable bonds is 5. The number of hydrogen-bond donors (Lipinski definition) is 0. The molecular weight excluding hydrogens is 164 g/mol. The van der Waals surface area contributed by atoms with Crippen LogP contribution in [0.3, 0.4) is 0 Å². The second-order valence-corrected chi connectivity index (χ2v) is 3.71. The van der Waals surface area contributed by atoms with Crippen molar-refractivity contribution in [2.24, 2.45) is 5.92 Å². The molecule has 0 saturated heterocycles. The Morgan fingerprint density at radius 3 is 2.62 bits per heavy atom. The molecule has 0 aromatic carbocycles. The van der Waals surface area contributed by atoms with E-state index in [-0.39, 0.29) is 6.10 Å². The molecule has 2 heteroatoms. The largest absolute Gasteiger partial charge is 0.467 e. The van der Waals surface area contributed by atoms with Crippen molar-refractivity contribution in [1.82, 2.24) is 0 Å². The maximum Gasteiger partial charge on any atom is 0.132 e. The van der Waals surface area contributed by atoms with Crippen LogP contribution in [0.15, 0.2) is 22.8 Å². The SMILES string of the molecule is COC(CCC(C)C)c1ccco1. The summed E-state index contributed by atoms with van der Waals surface area (Å²) in [5.74, 6) is 1.65. The molecule has 1 unspecified atom stereocenters. The summed E-state index contributed by atoms with van der Waals surface area (Å²) in [6, 6.07) is 3.87. The summed E-state index contributed by atoms with van der Waals surface area (Å²) in [4.78, 5) is 0. The summed E-state index contributed by atoms with van der Waals surface area (Å²) in [5, 5.41) is 0. The molecule has 1 rings (SSSR count). The van der Waals surface area contributed by atoms with Crippen molar-refractivity contribution in [2.45, 2.75) is 32.8 Å². The summed E-state index contributed by atoms with van der Waals surface area (Å²) < 4.78 is 10.6. The Balaban J connectivity index is 2.44.